The fourth-order valence-electron chi connectivity index (χ4n) is 4.61. The van der Waals surface area contributed by atoms with Gasteiger partial charge in [0.05, 0.1) is 0 Å². The molecular formula is C34H40N2O3. The number of nitrogens with one attached hydrogen (secondary N) is 1. The van der Waals surface area contributed by atoms with Gasteiger partial charge in [-0.05, 0) is 101 Å². The highest BCUT2D eigenvalue weighted by Gasteiger charge is 2.18. The molecule has 0 unspecified atom stereocenters. The van der Waals surface area contributed by atoms with Crippen LogP contribution in [0.5, 0.6) is 0 Å². The van der Waals surface area contributed by atoms with Crippen LogP contribution in [-0.2, 0) is 16.0 Å². The Morgan fingerprint density at radius 1 is 0.821 bits per heavy atom. The maximum absolute atomic E-state index is 12.2. The van der Waals surface area contributed by atoms with Gasteiger partial charge in [0.2, 0.25) is 5.91 Å². The van der Waals surface area contributed by atoms with Crippen LogP contribution in [0.2, 0.25) is 0 Å². The Hall–Kier alpha value is -3.80. The second kappa shape index (κ2) is 16.9. The fraction of sp³-hybridized carbons (Fsp3) is 0.412. The van der Waals surface area contributed by atoms with E-state index in [1.807, 2.05) is 36.4 Å². The molecule has 5 nitrogen and oxygen atoms in total. The third-order valence-corrected chi connectivity index (χ3v) is 6.83. The quantitative estimate of drug-likeness (QED) is 0.243. The van der Waals surface area contributed by atoms with E-state index in [0.29, 0.717) is 25.8 Å². The Bertz CT molecular complexity index is 1240. The molecule has 0 fully saturated rings. The summed E-state index contributed by atoms with van der Waals surface area (Å²) in [5, 5.41) is 12.0. The number of aryl methyl sites for hydroxylation is 1. The topological polar surface area (TPSA) is 92.4 Å². The lowest BCUT2D eigenvalue weighted by Crippen LogP contribution is -2.40. The number of aliphatic carboxylic acids is 1. The van der Waals surface area contributed by atoms with Crippen molar-refractivity contribution in [3.63, 3.8) is 0 Å². The van der Waals surface area contributed by atoms with E-state index in [1.165, 1.54) is 11.1 Å². The Morgan fingerprint density at radius 3 is 2.21 bits per heavy atom. The van der Waals surface area contributed by atoms with Crippen LogP contribution >= 0.6 is 0 Å². The summed E-state index contributed by atoms with van der Waals surface area (Å²) in [7, 11) is 0. The fourth-order valence-corrected chi connectivity index (χ4v) is 4.61. The van der Waals surface area contributed by atoms with Crippen molar-refractivity contribution in [2.45, 2.75) is 83.1 Å². The van der Waals surface area contributed by atoms with E-state index in [2.05, 4.69) is 47.2 Å². The van der Waals surface area contributed by atoms with Gasteiger partial charge in [0.15, 0.2) is 0 Å². The normalized spacial score (nSPS) is 13.5. The summed E-state index contributed by atoms with van der Waals surface area (Å²) in [6, 6.07) is 17.6. The van der Waals surface area contributed by atoms with Gasteiger partial charge in [-0.1, -0.05) is 60.4 Å². The van der Waals surface area contributed by atoms with Crippen LogP contribution in [0.15, 0.2) is 65.7 Å². The molecule has 0 radical (unpaired) electrons. The molecule has 0 saturated heterocycles. The molecule has 0 aliphatic heterocycles. The van der Waals surface area contributed by atoms with Gasteiger partial charge in [-0.2, -0.15) is 0 Å². The van der Waals surface area contributed by atoms with Crippen molar-refractivity contribution in [3.8, 4) is 23.7 Å². The van der Waals surface area contributed by atoms with Gasteiger partial charge in [0, 0.05) is 28.7 Å². The standard InChI is InChI=1S/C34H40N2O3/c35-25-10-9-19-32(34(38)39)36-33(37)20-6-2-5-14-28-15-11-16-29(26-28)22-24-31-18-8-7-17-30(31)23-21-27-12-3-1-4-13-27/h1,3-4,11-13,15-16,26,32H,2,5-10,14,17-20,25,35H2,(H,36,37)(H,38,39)/t32-/m0/s1. The number of nitrogens with two attached hydrogens (primary N) is 1. The molecule has 2 aromatic rings. The third kappa shape index (κ3) is 11.2. The molecular weight excluding hydrogens is 484 g/mol. The van der Waals surface area contributed by atoms with Crippen LogP contribution in [-0.4, -0.2) is 29.6 Å². The molecule has 1 atom stereocenters. The number of rotatable bonds is 12. The SMILES string of the molecule is NCCCC[C@H](NC(=O)CCCCCc1cccc(C#CC2=C(C#Cc3ccccc3)CCCC2)c1)C(=O)O. The first-order valence-corrected chi connectivity index (χ1v) is 14.2. The average Bonchev–Trinajstić information content (AvgIpc) is 2.95. The van der Waals surface area contributed by atoms with Crippen molar-refractivity contribution in [2.24, 2.45) is 5.73 Å². The zero-order chi connectivity index (χ0) is 27.7. The van der Waals surface area contributed by atoms with Gasteiger partial charge in [-0.3, -0.25) is 4.79 Å². The van der Waals surface area contributed by atoms with Gasteiger partial charge < -0.3 is 16.2 Å². The molecule has 39 heavy (non-hydrogen) atoms. The number of hydrogen-bond donors (Lipinski definition) is 3. The van der Waals surface area contributed by atoms with Gasteiger partial charge in [0.1, 0.15) is 6.04 Å². The molecule has 3 rings (SSSR count). The Kier molecular flexibility index (Phi) is 12.9. The molecule has 0 spiro atoms. The molecule has 0 bridgehead atoms. The number of unbranched alkanes of at least 4 members (excludes halogenated alkanes) is 3. The van der Waals surface area contributed by atoms with Crippen molar-refractivity contribution >= 4 is 11.9 Å². The Morgan fingerprint density at radius 2 is 1.51 bits per heavy atom. The summed E-state index contributed by atoms with van der Waals surface area (Å²) in [4.78, 5) is 23.5. The van der Waals surface area contributed by atoms with Crippen LogP contribution in [0, 0.1) is 23.7 Å². The van der Waals surface area contributed by atoms with Crippen LogP contribution in [0.25, 0.3) is 0 Å². The average molecular weight is 525 g/mol. The highest BCUT2D eigenvalue weighted by Crippen LogP contribution is 2.24. The first kappa shape index (κ1) is 29.8. The van der Waals surface area contributed by atoms with Crippen molar-refractivity contribution in [2.75, 3.05) is 6.54 Å². The minimum absolute atomic E-state index is 0.197. The van der Waals surface area contributed by atoms with Crippen LogP contribution in [0.3, 0.4) is 0 Å². The lowest BCUT2D eigenvalue weighted by Gasteiger charge is -2.14. The van der Waals surface area contributed by atoms with Crippen molar-refractivity contribution in [1.29, 1.82) is 0 Å². The van der Waals surface area contributed by atoms with Crippen LogP contribution < -0.4 is 11.1 Å². The number of carbonyl (C=O) groups excluding carboxylic acids is 1. The van der Waals surface area contributed by atoms with Crippen LogP contribution in [0.4, 0.5) is 0 Å². The summed E-state index contributed by atoms with van der Waals surface area (Å²) in [6.07, 6.45) is 10.0. The minimum Gasteiger partial charge on any atom is -0.480 e. The maximum Gasteiger partial charge on any atom is 0.326 e. The number of carboxylic acid groups (broad SMARTS) is 1. The Balaban J connectivity index is 1.47. The predicted molar refractivity (Wildman–Crippen MR) is 157 cm³/mol. The number of benzene rings is 2. The number of carbonyl (C=O) groups is 2. The van der Waals surface area contributed by atoms with Gasteiger partial charge in [-0.15, -0.1) is 0 Å². The number of amides is 1. The van der Waals surface area contributed by atoms with E-state index in [-0.39, 0.29) is 5.91 Å². The molecule has 1 aliphatic carbocycles. The zero-order valence-corrected chi connectivity index (χ0v) is 22.8. The second-order valence-electron chi connectivity index (χ2n) is 10.0. The zero-order valence-electron chi connectivity index (χ0n) is 22.8. The predicted octanol–water partition coefficient (Wildman–Crippen LogP) is 5.76. The maximum atomic E-state index is 12.2. The molecule has 0 heterocycles. The van der Waals surface area contributed by atoms with Gasteiger partial charge in [0.25, 0.3) is 0 Å². The van der Waals surface area contributed by atoms with Crippen molar-refractivity contribution in [1.82, 2.24) is 5.32 Å². The lowest BCUT2D eigenvalue weighted by atomic mass is 9.92. The first-order valence-electron chi connectivity index (χ1n) is 14.2. The molecule has 0 aromatic heterocycles. The summed E-state index contributed by atoms with van der Waals surface area (Å²) in [5.74, 6) is 12.3. The first-order chi connectivity index (χ1) is 19.0. The number of allylic oxidation sites excluding steroid dienone is 2. The van der Waals surface area contributed by atoms with E-state index in [4.69, 9.17) is 5.73 Å². The smallest absolute Gasteiger partial charge is 0.326 e. The lowest BCUT2D eigenvalue weighted by molar-refractivity contribution is -0.142. The van der Waals surface area contributed by atoms with Gasteiger partial charge >= 0.3 is 5.97 Å². The summed E-state index contributed by atoms with van der Waals surface area (Å²) >= 11 is 0. The minimum atomic E-state index is -0.987. The van der Waals surface area contributed by atoms with Crippen molar-refractivity contribution in [3.05, 3.63) is 82.4 Å². The summed E-state index contributed by atoms with van der Waals surface area (Å²) < 4.78 is 0. The van der Waals surface area contributed by atoms with Crippen molar-refractivity contribution < 1.29 is 14.7 Å². The number of carboxylic acids is 1. The Labute approximate surface area is 233 Å². The summed E-state index contributed by atoms with van der Waals surface area (Å²) in [6.45, 7) is 0.527. The van der Waals surface area contributed by atoms with E-state index in [9.17, 15) is 14.7 Å². The van der Waals surface area contributed by atoms with Crippen LogP contribution in [0.1, 0.15) is 87.3 Å². The molecule has 2 aromatic carbocycles. The molecule has 0 saturated carbocycles. The summed E-state index contributed by atoms with van der Waals surface area (Å²) in [5.41, 5.74) is 11.1. The highest BCUT2D eigenvalue weighted by atomic mass is 16.4. The molecule has 1 amide bonds. The molecule has 5 heteroatoms. The van der Waals surface area contributed by atoms with E-state index in [1.54, 1.807) is 0 Å². The van der Waals surface area contributed by atoms with Gasteiger partial charge in [-0.25, -0.2) is 4.79 Å². The number of hydrogen-bond acceptors (Lipinski definition) is 3. The monoisotopic (exact) mass is 524 g/mol. The van der Waals surface area contributed by atoms with E-state index >= 15 is 0 Å². The molecule has 4 N–H and O–H groups in total. The third-order valence-electron chi connectivity index (χ3n) is 6.83. The molecule has 204 valence electrons. The largest absolute Gasteiger partial charge is 0.480 e. The molecule has 1 aliphatic rings. The highest BCUT2D eigenvalue weighted by molar-refractivity contribution is 5.83. The second-order valence-corrected chi connectivity index (χ2v) is 10.0. The van der Waals surface area contributed by atoms with E-state index in [0.717, 1.165) is 74.5 Å². The van der Waals surface area contributed by atoms with E-state index < -0.39 is 12.0 Å².